The van der Waals surface area contributed by atoms with E-state index in [4.69, 9.17) is 17.3 Å². The molecule has 0 aliphatic rings. The van der Waals surface area contributed by atoms with Crippen molar-refractivity contribution in [3.05, 3.63) is 64.7 Å². The molecule has 4 heteroatoms. The van der Waals surface area contributed by atoms with Crippen LogP contribution in [0.2, 0.25) is 5.02 Å². The van der Waals surface area contributed by atoms with Crippen molar-refractivity contribution >= 4 is 17.3 Å². The SMILES string of the molecule is CC(Cc1ccc(N)cc1)NC[C@H](O)c1cccc(Cl)c1. The highest BCUT2D eigenvalue weighted by Crippen LogP contribution is 2.17. The van der Waals surface area contributed by atoms with E-state index in [9.17, 15) is 5.11 Å². The van der Waals surface area contributed by atoms with Crippen LogP contribution < -0.4 is 11.1 Å². The van der Waals surface area contributed by atoms with Gasteiger partial charge in [-0.25, -0.2) is 0 Å². The number of nitrogens with two attached hydrogens (primary N) is 1. The largest absolute Gasteiger partial charge is 0.399 e. The number of rotatable bonds is 6. The summed E-state index contributed by atoms with van der Waals surface area (Å²) in [5, 5.41) is 14.1. The summed E-state index contributed by atoms with van der Waals surface area (Å²) in [6.45, 7) is 2.59. The summed E-state index contributed by atoms with van der Waals surface area (Å²) in [7, 11) is 0. The normalized spacial score (nSPS) is 13.9. The van der Waals surface area contributed by atoms with Crippen molar-refractivity contribution in [3.63, 3.8) is 0 Å². The number of halogens is 1. The Hall–Kier alpha value is -1.55. The van der Waals surface area contributed by atoms with E-state index >= 15 is 0 Å². The first kappa shape index (κ1) is 15.8. The summed E-state index contributed by atoms with van der Waals surface area (Å²) in [4.78, 5) is 0. The standard InChI is InChI=1S/C17H21ClN2O/c1-12(9-13-5-7-16(19)8-6-13)20-11-17(21)14-3-2-4-15(18)10-14/h2-8,10,12,17,20-21H,9,11,19H2,1H3/t12?,17-/m0/s1. The number of aliphatic hydroxyl groups is 1. The minimum atomic E-state index is -0.558. The highest BCUT2D eigenvalue weighted by Gasteiger charge is 2.10. The number of benzene rings is 2. The molecule has 0 fully saturated rings. The maximum Gasteiger partial charge on any atom is 0.0914 e. The van der Waals surface area contributed by atoms with Gasteiger partial charge in [0.2, 0.25) is 0 Å². The van der Waals surface area contributed by atoms with Crippen molar-refractivity contribution < 1.29 is 5.11 Å². The van der Waals surface area contributed by atoms with Crippen molar-refractivity contribution in [1.82, 2.24) is 5.32 Å². The molecule has 112 valence electrons. The van der Waals surface area contributed by atoms with E-state index in [2.05, 4.69) is 12.2 Å². The summed E-state index contributed by atoms with van der Waals surface area (Å²) >= 11 is 5.93. The monoisotopic (exact) mass is 304 g/mol. The van der Waals surface area contributed by atoms with Gasteiger partial charge < -0.3 is 16.2 Å². The lowest BCUT2D eigenvalue weighted by Crippen LogP contribution is -2.32. The third-order valence-electron chi connectivity index (χ3n) is 3.41. The topological polar surface area (TPSA) is 58.3 Å². The number of hydrogen-bond donors (Lipinski definition) is 3. The van der Waals surface area contributed by atoms with Gasteiger partial charge in [-0.1, -0.05) is 35.9 Å². The Bertz CT molecular complexity index is 571. The number of hydrogen-bond acceptors (Lipinski definition) is 3. The Labute approximate surface area is 130 Å². The Morgan fingerprint density at radius 3 is 2.57 bits per heavy atom. The van der Waals surface area contributed by atoms with Gasteiger partial charge in [0.05, 0.1) is 6.10 Å². The molecule has 0 aliphatic carbocycles. The summed E-state index contributed by atoms with van der Waals surface area (Å²) < 4.78 is 0. The zero-order chi connectivity index (χ0) is 15.2. The van der Waals surface area contributed by atoms with E-state index in [-0.39, 0.29) is 6.04 Å². The second kappa shape index (κ2) is 7.46. The average Bonchev–Trinajstić information content (AvgIpc) is 2.47. The van der Waals surface area contributed by atoms with E-state index in [0.717, 1.165) is 17.7 Å². The lowest BCUT2D eigenvalue weighted by atomic mass is 10.1. The molecule has 4 N–H and O–H groups in total. The molecule has 0 aromatic heterocycles. The van der Waals surface area contributed by atoms with Crippen LogP contribution in [-0.4, -0.2) is 17.7 Å². The van der Waals surface area contributed by atoms with Gasteiger partial charge in [-0.2, -0.15) is 0 Å². The molecule has 2 aromatic carbocycles. The van der Waals surface area contributed by atoms with Crippen LogP contribution in [0.25, 0.3) is 0 Å². The first-order valence-corrected chi connectivity index (χ1v) is 7.43. The quantitative estimate of drug-likeness (QED) is 0.718. The molecule has 0 heterocycles. The highest BCUT2D eigenvalue weighted by molar-refractivity contribution is 6.30. The molecule has 2 atom stereocenters. The first-order valence-electron chi connectivity index (χ1n) is 7.06. The molecule has 2 aromatic rings. The number of anilines is 1. The van der Waals surface area contributed by atoms with Gasteiger partial charge in [0, 0.05) is 23.3 Å². The number of nitrogens with one attached hydrogen (secondary N) is 1. The van der Waals surface area contributed by atoms with Crippen LogP contribution in [0.5, 0.6) is 0 Å². The lowest BCUT2D eigenvalue weighted by molar-refractivity contribution is 0.170. The van der Waals surface area contributed by atoms with Gasteiger partial charge in [0.15, 0.2) is 0 Å². The Morgan fingerprint density at radius 1 is 1.19 bits per heavy atom. The summed E-state index contributed by atoms with van der Waals surface area (Å²) in [5.41, 5.74) is 8.50. The molecule has 0 radical (unpaired) electrons. The molecule has 0 saturated carbocycles. The average molecular weight is 305 g/mol. The fraction of sp³-hybridized carbons (Fsp3) is 0.294. The molecule has 21 heavy (non-hydrogen) atoms. The minimum absolute atomic E-state index is 0.266. The third kappa shape index (κ3) is 5.05. The van der Waals surface area contributed by atoms with E-state index in [1.54, 1.807) is 12.1 Å². The van der Waals surface area contributed by atoms with E-state index in [1.165, 1.54) is 5.56 Å². The summed E-state index contributed by atoms with van der Waals surface area (Å²) in [6.07, 6.45) is 0.334. The minimum Gasteiger partial charge on any atom is -0.399 e. The van der Waals surface area contributed by atoms with Crippen molar-refractivity contribution in [2.45, 2.75) is 25.5 Å². The van der Waals surface area contributed by atoms with Crippen LogP contribution >= 0.6 is 11.6 Å². The molecule has 2 rings (SSSR count). The van der Waals surface area contributed by atoms with Gasteiger partial charge >= 0.3 is 0 Å². The Balaban J connectivity index is 1.83. The molecular weight excluding hydrogens is 284 g/mol. The van der Waals surface area contributed by atoms with Crippen molar-refractivity contribution in [2.24, 2.45) is 0 Å². The van der Waals surface area contributed by atoms with Gasteiger partial charge in [-0.15, -0.1) is 0 Å². The van der Waals surface area contributed by atoms with Gasteiger partial charge in [0.1, 0.15) is 0 Å². The maximum atomic E-state index is 10.2. The molecule has 0 bridgehead atoms. The smallest absolute Gasteiger partial charge is 0.0914 e. The molecule has 0 saturated heterocycles. The van der Waals surface area contributed by atoms with Crippen molar-refractivity contribution in [1.29, 1.82) is 0 Å². The molecule has 1 unspecified atom stereocenters. The van der Waals surface area contributed by atoms with Crippen LogP contribution in [0.15, 0.2) is 48.5 Å². The van der Waals surface area contributed by atoms with Gasteiger partial charge in [-0.3, -0.25) is 0 Å². The predicted octanol–water partition coefficient (Wildman–Crippen LogP) is 3.18. The molecule has 0 spiro atoms. The lowest BCUT2D eigenvalue weighted by Gasteiger charge is -2.18. The number of nitrogen functional groups attached to an aromatic ring is 1. The zero-order valence-corrected chi connectivity index (χ0v) is 12.8. The fourth-order valence-electron chi connectivity index (χ4n) is 2.22. The number of aliphatic hydroxyl groups excluding tert-OH is 1. The first-order chi connectivity index (χ1) is 10.0. The zero-order valence-electron chi connectivity index (χ0n) is 12.1. The van der Waals surface area contributed by atoms with Crippen LogP contribution in [0.4, 0.5) is 5.69 Å². The predicted molar refractivity (Wildman–Crippen MR) is 88.4 cm³/mol. The van der Waals surface area contributed by atoms with Gasteiger partial charge in [0.25, 0.3) is 0 Å². The van der Waals surface area contributed by atoms with E-state index in [0.29, 0.717) is 11.6 Å². The van der Waals surface area contributed by atoms with Crippen LogP contribution in [-0.2, 0) is 6.42 Å². The summed E-state index contributed by atoms with van der Waals surface area (Å²) in [5.74, 6) is 0. The second-order valence-corrected chi connectivity index (χ2v) is 5.76. The van der Waals surface area contributed by atoms with Crippen LogP contribution in [0.1, 0.15) is 24.2 Å². The molecule has 0 amide bonds. The van der Waals surface area contributed by atoms with Gasteiger partial charge in [-0.05, 0) is 48.7 Å². The second-order valence-electron chi connectivity index (χ2n) is 5.33. The molecular formula is C17H21ClN2O. The molecule has 3 nitrogen and oxygen atoms in total. The van der Waals surface area contributed by atoms with Crippen molar-refractivity contribution in [3.8, 4) is 0 Å². The fourth-order valence-corrected chi connectivity index (χ4v) is 2.42. The maximum absolute atomic E-state index is 10.2. The third-order valence-corrected chi connectivity index (χ3v) is 3.65. The van der Waals surface area contributed by atoms with E-state index < -0.39 is 6.10 Å². The molecule has 0 aliphatic heterocycles. The van der Waals surface area contributed by atoms with Crippen LogP contribution in [0.3, 0.4) is 0 Å². The highest BCUT2D eigenvalue weighted by atomic mass is 35.5. The van der Waals surface area contributed by atoms with Crippen LogP contribution in [0, 0.1) is 0 Å². The Morgan fingerprint density at radius 2 is 1.90 bits per heavy atom. The van der Waals surface area contributed by atoms with E-state index in [1.807, 2.05) is 36.4 Å². The van der Waals surface area contributed by atoms with Crippen molar-refractivity contribution in [2.75, 3.05) is 12.3 Å². The summed E-state index contributed by atoms with van der Waals surface area (Å²) in [6, 6.07) is 15.4. The Kier molecular flexibility index (Phi) is 5.62.